The number of nitrogens with zero attached hydrogens (tertiary/aromatic N) is 2. The molecule has 0 aliphatic carbocycles. The highest BCUT2D eigenvalue weighted by atomic mass is 32.1. The molecule has 2 N–H and O–H groups in total. The number of aromatic hydroxyl groups is 2. The maximum absolute atomic E-state index is 9.72. The minimum atomic E-state index is 0.00286. The average Bonchev–Trinajstić information content (AvgIpc) is 3.05. The molecule has 5 nitrogen and oxygen atoms in total. The minimum absolute atomic E-state index is 0.00286. The van der Waals surface area contributed by atoms with Gasteiger partial charge in [0.1, 0.15) is 22.3 Å². The number of thiazole rings is 1. The molecule has 0 spiro atoms. The predicted molar refractivity (Wildman–Crippen MR) is 99.0 cm³/mol. The van der Waals surface area contributed by atoms with Gasteiger partial charge in [0.25, 0.3) is 0 Å². The molecule has 0 saturated carbocycles. The van der Waals surface area contributed by atoms with Gasteiger partial charge in [0.05, 0.1) is 13.7 Å². The van der Waals surface area contributed by atoms with E-state index in [4.69, 9.17) is 4.74 Å². The number of rotatable bonds is 6. The molecule has 0 unspecified atom stereocenters. The summed E-state index contributed by atoms with van der Waals surface area (Å²) in [5.74, 6) is 0.876. The Kier molecular flexibility index (Phi) is 5.30. The fourth-order valence-corrected chi connectivity index (χ4v) is 3.20. The number of hydrogen-bond acceptors (Lipinski definition) is 6. The van der Waals surface area contributed by atoms with Gasteiger partial charge in [-0.25, -0.2) is 4.98 Å². The van der Waals surface area contributed by atoms with Crippen molar-refractivity contribution in [1.82, 2.24) is 4.98 Å². The third-order valence-electron chi connectivity index (χ3n) is 3.61. The van der Waals surface area contributed by atoms with Crippen molar-refractivity contribution in [3.8, 4) is 17.2 Å². The molecule has 128 valence electrons. The second-order valence-corrected chi connectivity index (χ2v) is 6.66. The van der Waals surface area contributed by atoms with Crippen molar-refractivity contribution in [2.45, 2.75) is 13.0 Å². The van der Waals surface area contributed by atoms with Crippen LogP contribution in [-0.2, 0) is 13.0 Å². The summed E-state index contributed by atoms with van der Waals surface area (Å²) in [6, 6.07) is 12.4. The molecule has 0 atom stereocenters. The quantitative estimate of drug-likeness (QED) is 0.661. The number of hydrogen-bond donors (Lipinski definition) is 2. The van der Waals surface area contributed by atoms with Crippen molar-refractivity contribution in [3.05, 3.63) is 69.7 Å². The summed E-state index contributed by atoms with van der Waals surface area (Å²) in [5.41, 5.74) is 1.77. The van der Waals surface area contributed by atoms with Crippen molar-refractivity contribution in [3.63, 3.8) is 0 Å². The first-order valence-electron chi connectivity index (χ1n) is 7.72. The summed E-state index contributed by atoms with van der Waals surface area (Å²) in [6.07, 6.45) is 4.28. The summed E-state index contributed by atoms with van der Waals surface area (Å²) < 4.78 is 5.16. The van der Waals surface area contributed by atoms with E-state index in [9.17, 15) is 10.2 Å². The number of ether oxygens (including phenoxy) is 1. The number of aromatic nitrogens is 1. The summed E-state index contributed by atoms with van der Waals surface area (Å²) in [6.45, 7) is 0.452. The van der Waals surface area contributed by atoms with Gasteiger partial charge >= 0.3 is 0 Å². The first-order valence-corrected chi connectivity index (χ1v) is 8.54. The van der Waals surface area contributed by atoms with E-state index < -0.39 is 0 Å². The number of phenolic OH excluding ortho intramolecular Hbond substituents is 2. The van der Waals surface area contributed by atoms with Gasteiger partial charge in [-0.2, -0.15) is 0 Å². The van der Waals surface area contributed by atoms with Gasteiger partial charge in [-0.15, -0.1) is 11.3 Å². The maximum atomic E-state index is 9.72. The highest BCUT2D eigenvalue weighted by molar-refractivity contribution is 7.11. The molecule has 6 heteroatoms. The molecule has 0 aliphatic rings. The Labute approximate surface area is 149 Å². The zero-order valence-electron chi connectivity index (χ0n) is 13.7. The molecular formula is C19H18N2O3S. The Hall–Kier alpha value is -2.86. The van der Waals surface area contributed by atoms with Crippen LogP contribution in [0.1, 0.15) is 21.0 Å². The van der Waals surface area contributed by atoms with Gasteiger partial charge < -0.3 is 14.9 Å². The van der Waals surface area contributed by atoms with Gasteiger partial charge in [0, 0.05) is 35.3 Å². The summed E-state index contributed by atoms with van der Waals surface area (Å²) in [7, 11) is 1.66. The molecule has 25 heavy (non-hydrogen) atoms. The highest BCUT2D eigenvalue weighted by Crippen LogP contribution is 2.22. The Morgan fingerprint density at radius 1 is 1.16 bits per heavy atom. The largest absolute Gasteiger partial charge is 0.508 e. The van der Waals surface area contributed by atoms with E-state index in [0.717, 1.165) is 17.2 Å². The fraction of sp³-hybridized carbons (Fsp3) is 0.158. The molecule has 2 aromatic carbocycles. The molecule has 3 aromatic rings. The van der Waals surface area contributed by atoms with E-state index >= 15 is 0 Å². The minimum Gasteiger partial charge on any atom is -0.508 e. The first kappa shape index (κ1) is 17.0. The van der Waals surface area contributed by atoms with Crippen LogP contribution >= 0.6 is 11.3 Å². The van der Waals surface area contributed by atoms with E-state index in [2.05, 4.69) is 9.98 Å². The lowest BCUT2D eigenvalue weighted by Gasteiger charge is -2.01. The van der Waals surface area contributed by atoms with Gasteiger partial charge in [-0.3, -0.25) is 4.99 Å². The van der Waals surface area contributed by atoms with E-state index in [1.807, 2.05) is 30.5 Å². The number of aliphatic imine (C=N–C) groups is 1. The zero-order valence-corrected chi connectivity index (χ0v) is 14.5. The van der Waals surface area contributed by atoms with Crippen LogP contribution in [0.2, 0.25) is 0 Å². The molecule has 0 aliphatic heterocycles. The van der Waals surface area contributed by atoms with Crippen LogP contribution in [-0.4, -0.2) is 28.5 Å². The maximum Gasteiger partial charge on any atom is 0.128 e. The van der Waals surface area contributed by atoms with Gasteiger partial charge in [-0.1, -0.05) is 12.1 Å². The second-order valence-electron chi connectivity index (χ2n) is 5.46. The van der Waals surface area contributed by atoms with E-state index in [1.165, 1.54) is 22.6 Å². The SMILES string of the molecule is COc1ccc(Cc2cnc(CN=Cc3ccc(O)cc3O)s2)cc1. The van der Waals surface area contributed by atoms with Crippen molar-refractivity contribution < 1.29 is 14.9 Å². The fourth-order valence-electron chi connectivity index (χ4n) is 2.31. The summed E-state index contributed by atoms with van der Waals surface area (Å²) in [5, 5.41) is 19.9. The lowest BCUT2D eigenvalue weighted by Crippen LogP contribution is -1.86. The van der Waals surface area contributed by atoms with E-state index in [0.29, 0.717) is 12.1 Å². The topological polar surface area (TPSA) is 74.9 Å². The zero-order chi connectivity index (χ0) is 17.6. The number of methoxy groups -OCH3 is 1. The van der Waals surface area contributed by atoms with Crippen molar-refractivity contribution in [2.24, 2.45) is 4.99 Å². The molecule has 0 amide bonds. The van der Waals surface area contributed by atoms with Gasteiger partial charge in [0.2, 0.25) is 0 Å². The van der Waals surface area contributed by atoms with Gasteiger partial charge in [0.15, 0.2) is 0 Å². The van der Waals surface area contributed by atoms with Crippen molar-refractivity contribution >= 4 is 17.6 Å². The van der Waals surface area contributed by atoms with E-state index in [1.54, 1.807) is 30.7 Å². The molecular weight excluding hydrogens is 336 g/mol. The van der Waals surface area contributed by atoms with Crippen LogP contribution in [0, 0.1) is 0 Å². The van der Waals surface area contributed by atoms with Crippen molar-refractivity contribution in [1.29, 1.82) is 0 Å². The smallest absolute Gasteiger partial charge is 0.128 e. The van der Waals surface area contributed by atoms with Crippen LogP contribution < -0.4 is 4.74 Å². The third-order valence-corrected chi connectivity index (χ3v) is 4.59. The first-order chi connectivity index (χ1) is 12.1. The molecule has 0 bridgehead atoms. The molecule has 0 fully saturated rings. The van der Waals surface area contributed by atoms with Crippen LogP contribution in [0.3, 0.4) is 0 Å². The average molecular weight is 354 g/mol. The van der Waals surface area contributed by atoms with Crippen molar-refractivity contribution in [2.75, 3.05) is 7.11 Å². The Morgan fingerprint density at radius 3 is 2.68 bits per heavy atom. The van der Waals surface area contributed by atoms with Crippen LogP contribution in [0.15, 0.2) is 53.7 Å². The Bertz CT molecular complexity index is 873. The molecule has 1 heterocycles. The lowest BCUT2D eigenvalue weighted by atomic mass is 10.1. The molecule has 0 saturated heterocycles. The summed E-state index contributed by atoms with van der Waals surface area (Å²) >= 11 is 1.62. The summed E-state index contributed by atoms with van der Waals surface area (Å²) in [4.78, 5) is 9.87. The van der Waals surface area contributed by atoms with Gasteiger partial charge in [-0.05, 0) is 29.8 Å². The molecule has 3 rings (SSSR count). The second kappa shape index (κ2) is 7.81. The number of phenols is 2. The van der Waals surface area contributed by atoms with E-state index in [-0.39, 0.29) is 11.5 Å². The number of benzene rings is 2. The Balaban J connectivity index is 1.60. The Morgan fingerprint density at radius 2 is 1.96 bits per heavy atom. The lowest BCUT2D eigenvalue weighted by molar-refractivity contribution is 0.414. The van der Waals surface area contributed by atoms with Crippen LogP contribution in [0.5, 0.6) is 17.2 Å². The monoisotopic (exact) mass is 354 g/mol. The normalized spacial score (nSPS) is 11.1. The van der Waals surface area contributed by atoms with Crippen LogP contribution in [0.4, 0.5) is 0 Å². The molecule has 0 radical (unpaired) electrons. The predicted octanol–water partition coefficient (Wildman–Crippen LogP) is 3.77. The molecule has 1 aromatic heterocycles. The highest BCUT2D eigenvalue weighted by Gasteiger charge is 2.04. The standard InChI is InChI=1S/C19H18N2O3S/c1-24-16-6-2-13(3-7-16)8-17-11-21-19(25-17)12-20-10-14-4-5-15(22)9-18(14)23/h2-7,9-11,22-23H,8,12H2,1H3. The van der Waals surface area contributed by atoms with Crippen LogP contribution in [0.25, 0.3) is 0 Å². The third kappa shape index (κ3) is 4.58.